The first-order chi connectivity index (χ1) is 14.6. The number of hydrogen-bond acceptors (Lipinski definition) is 2. The molecule has 1 aliphatic rings. The van der Waals surface area contributed by atoms with Crippen LogP contribution < -0.4 is 10.6 Å². The summed E-state index contributed by atoms with van der Waals surface area (Å²) in [5.74, 6) is -3.61. The summed E-state index contributed by atoms with van der Waals surface area (Å²) in [6.45, 7) is 0. The van der Waals surface area contributed by atoms with Crippen LogP contribution in [0, 0.1) is 11.6 Å². The van der Waals surface area contributed by atoms with Gasteiger partial charge in [0.15, 0.2) is 0 Å². The molecule has 2 amide bonds. The van der Waals surface area contributed by atoms with Crippen LogP contribution in [0.15, 0.2) is 42.5 Å². The minimum atomic E-state index is -4.66. The van der Waals surface area contributed by atoms with Crippen molar-refractivity contribution >= 4 is 11.8 Å². The van der Waals surface area contributed by atoms with Crippen LogP contribution in [0.4, 0.5) is 22.0 Å². The smallest absolute Gasteiger partial charge is 0.351 e. The Morgan fingerprint density at radius 2 is 1.68 bits per heavy atom. The summed E-state index contributed by atoms with van der Waals surface area (Å²) < 4.78 is 66.6. The summed E-state index contributed by atoms with van der Waals surface area (Å²) in [5.41, 5.74) is -1.65. The number of carbonyl (C=O) groups excluding carboxylic acids is 2. The van der Waals surface area contributed by atoms with E-state index in [2.05, 4.69) is 10.6 Å². The van der Waals surface area contributed by atoms with Crippen LogP contribution in [-0.2, 0) is 11.0 Å². The highest BCUT2D eigenvalue weighted by Crippen LogP contribution is 2.30. The maximum atomic E-state index is 14.4. The van der Waals surface area contributed by atoms with E-state index in [1.54, 1.807) is 0 Å². The van der Waals surface area contributed by atoms with Gasteiger partial charge in [-0.3, -0.25) is 9.59 Å². The highest BCUT2D eigenvalue weighted by Gasteiger charge is 2.32. The van der Waals surface area contributed by atoms with Crippen molar-refractivity contribution in [1.29, 1.82) is 0 Å². The SMILES string of the molecule is O=C(NC(C(=O)NC1CCCCC1)c1ccc(F)cc1F)c1cccc(C(F)(F)F)c1. The molecule has 9 heteroatoms. The fourth-order valence-corrected chi connectivity index (χ4v) is 3.60. The van der Waals surface area contributed by atoms with Gasteiger partial charge in [-0.05, 0) is 37.1 Å². The molecule has 0 aromatic heterocycles. The Hall–Kier alpha value is -2.97. The molecule has 1 atom stereocenters. The normalized spacial score (nSPS) is 15.9. The van der Waals surface area contributed by atoms with Crippen LogP contribution in [0.25, 0.3) is 0 Å². The van der Waals surface area contributed by atoms with E-state index in [9.17, 15) is 31.5 Å². The molecule has 2 N–H and O–H groups in total. The highest BCUT2D eigenvalue weighted by atomic mass is 19.4. The average Bonchev–Trinajstić information content (AvgIpc) is 2.72. The van der Waals surface area contributed by atoms with Gasteiger partial charge in [-0.2, -0.15) is 13.2 Å². The Morgan fingerprint density at radius 3 is 2.32 bits per heavy atom. The van der Waals surface area contributed by atoms with Crippen LogP contribution in [0.2, 0.25) is 0 Å². The van der Waals surface area contributed by atoms with Crippen molar-refractivity contribution < 1.29 is 31.5 Å². The van der Waals surface area contributed by atoms with Crippen LogP contribution >= 0.6 is 0 Å². The first kappa shape index (κ1) is 22.7. The van der Waals surface area contributed by atoms with Gasteiger partial charge >= 0.3 is 6.18 Å². The Labute approximate surface area is 175 Å². The second-order valence-corrected chi connectivity index (χ2v) is 7.49. The third kappa shape index (κ3) is 5.80. The molecule has 0 heterocycles. The number of rotatable bonds is 5. The van der Waals surface area contributed by atoms with Crippen molar-refractivity contribution in [3.05, 3.63) is 70.8 Å². The van der Waals surface area contributed by atoms with E-state index in [1.165, 1.54) is 0 Å². The molecular weight excluding hydrogens is 419 g/mol. The fraction of sp³-hybridized carbons (Fsp3) is 0.364. The minimum absolute atomic E-state index is 0.155. The largest absolute Gasteiger partial charge is 0.416 e. The van der Waals surface area contributed by atoms with Crippen LogP contribution in [0.3, 0.4) is 0 Å². The van der Waals surface area contributed by atoms with E-state index in [1.807, 2.05) is 0 Å². The lowest BCUT2D eigenvalue weighted by molar-refractivity contribution is -0.137. The average molecular weight is 440 g/mol. The molecule has 1 saturated carbocycles. The van der Waals surface area contributed by atoms with E-state index in [4.69, 9.17) is 0 Å². The molecular formula is C22H21F5N2O2. The molecule has 0 bridgehead atoms. The summed E-state index contributed by atoms with van der Waals surface area (Å²) in [6.07, 6.45) is -0.335. The molecule has 2 aromatic rings. The van der Waals surface area contributed by atoms with Crippen molar-refractivity contribution in [2.24, 2.45) is 0 Å². The Balaban J connectivity index is 1.87. The van der Waals surface area contributed by atoms with Gasteiger partial charge < -0.3 is 10.6 Å². The number of alkyl halides is 3. The Kier molecular flexibility index (Phi) is 6.92. The van der Waals surface area contributed by atoms with Crippen molar-refractivity contribution in [2.45, 2.75) is 50.4 Å². The lowest BCUT2D eigenvalue weighted by atomic mass is 9.94. The Bertz CT molecular complexity index is 955. The van der Waals surface area contributed by atoms with Gasteiger partial charge in [0.25, 0.3) is 5.91 Å². The zero-order chi connectivity index (χ0) is 22.6. The predicted octanol–water partition coefficient (Wildman–Crippen LogP) is 4.90. The molecule has 166 valence electrons. The summed E-state index contributed by atoms with van der Waals surface area (Å²) in [5, 5.41) is 5.05. The summed E-state index contributed by atoms with van der Waals surface area (Å²) in [7, 11) is 0. The molecule has 31 heavy (non-hydrogen) atoms. The van der Waals surface area contributed by atoms with E-state index >= 15 is 0 Å². The molecule has 3 rings (SSSR count). The van der Waals surface area contributed by atoms with Crippen LogP contribution in [0.1, 0.15) is 59.6 Å². The third-order valence-electron chi connectivity index (χ3n) is 5.21. The maximum Gasteiger partial charge on any atom is 0.416 e. The monoisotopic (exact) mass is 440 g/mol. The van der Waals surface area contributed by atoms with Gasteiger partial charge in [-0.25, -0.2) is 8.78 Å². The molecule has 0 radical (unpaired) electrons. The number of halogens is 5. The predicted molar refractivity (Wildman–Crippen MR) is 103 cm³/mol. The van der Waals surface area contributed by atoms with Crippen LogP contribution in [-0.4, -0.2) is 17.9 Å². The van der Waals surface area contributed by atoms with Gasteiger partial charge in [-0.1, -0.05) is 31.4 Å². The van der Waals surface area contributed by atoms with E-state index in [0.29, 0.717) is 12.1 Å². The number of amides is 2. The van der Waals surface area contributed by atoms with Crippen molar-refractivity contribution in [2.75, 3.05) is 0 Å². The fourth-order valence-electron chi connectivity index (χ4n) is 3.60. The number of carbonyl (C=O) groups is 2. The van der Waals surface area contributed by atoms with Crippen molar-refractivity contribution in [3.63, 3.8) is 0 Å². The third-order valence-corrected chi connectivity index (χ3v) is 5.21. The first-order valence-corrected chi connectivity index (χ1v) is 9.88. The lowest BCUT2D eigenvalue weighted by Crippen LogP contribution is -2.45. The van der Waals surface area contributed by atoms with Crippen molar-refractivity contribution in [3.8, 4) is 0 Å². The zero-order valence-corrected chi connectivity index (χ0v) is 16.4. The molecule has 1 fully saturated rings. The van der Waals surface area contributed by atoms with E-state index in [0.717, 1.165) is 62.4 Å². The molecule has 0 aliphatic heterocycles. The molecule has 2 aromatic carbocycles. The minimum Gasteiger partial charge on any atom is -0.351 e. The van der Waals surface area contributed by atoms with E-state index < -0.39 is 41.2 Å². The molecule has 0 spiro atoms. The highest BCUT2D eigenvalue weighted by molar-refractivity contribution is 5.98. The first-order valence-electron chi connectivity index (χ1n) is 9.88. The number of nitrogens with one attached hydrogen (secondary N) is 2. The van der Waals surface area contributed by atoms with Gasteiger partial charge in [-0.15, -0.1) is 0 Å². The second kappa shape index (κ2) is 9.45. The lowest BCUT2D eigenvalue weighted by Gasteiger charge is -2.26. The number of benzene rings is 2. The summed E-state index contributed by atoms with van der Waals surface area (Å²) in [4.78, 5) is 25.5. The molecule has 1 unspecified atom stereocenters. The quantitative estimate of drug-likeness (QED) is 0.650. The standard InChI is InChI=1S/C22H21F5N2O2/c23-15-9-10-17(18(24)12-15)19(21(31)28-16-7-2-1-3-8-16)29-20(30)13-5-4-6-14(11-13)22(25,26)27/h4-6,9-12,16,19H,1-3,7-8H2,(H,28,31)(H,29,30). The van der Waals surface area contributed by atoms with Gasteiger partial charge in [0.2, 0.25) is 5.91 Å². The molecule has 1 aliphatic carbocycles. The van der Waals surface area contributed by atoms with Gasteiger partial charge in [0.1, 0.15) is 17.7 Å². The summed E-state index contributed by atoms with van der Waals surface area (Å²) in [6, 6.07) is 4.53. The Morgan fingerprint density at radius 1 is 0.968 bits per heavy atom. The topological polar surface area (TPSA) is 58.2 Å². The van der Waals surface area contributed by atoms with Gasteiger partial charge in [0, 0.05) is 23.2 Å². The number of hydrogen-bond donors (Lipinski definition) is 2. The molecule has 0 saturated heterocycles. The van der Waals surface area contributed by atoms with Crippen LogP contribution in [0.5, 0.6) is 0 Å². The van der Waals surface area contributed by atoms with Gasteiger partial charge in [0.05, 0.1) is 5.56 Å². The van der Waals surface area contributed by atoms with E-state index in [-0.39, 0.29) is 17.2 Å². The maximum absolute atomic E-state index is 14.4. The second-order valence-electron chi connectivity index (χ2n) is 7.49. The summed E-state index contributed by atoms with van der Waals surface area (Å²) >= 11 is 0. The zero-order valence-electron chi connectivity index (χ0n) is 16.4. The van der Waals surface area contributed by atoms with Crippen molar-refractivity contribution in [1.82, 2.24) is 10.6 Å². The molecule has 4 nitrogen and oxygen atoms in total.